The zero-order valence-electron chi connectivity index (χ0n) is 15.3. The van der Waals surface area contributed by atoms with Crippen molar-refractivity contribution in [1.29, 1.82) is 0 Å². The molecule has 0 unspecified atom stereocenters. The van der Waals surface area contributed by atoms with Gasteiger partial charge in [0.25, 0.3) is 0 Å². The average molecular weight is 396 g/mol. The Kier molecular flexibility index (Phi) is 3.60. The van der Waals surface area contributed by atoms with Crippen LogP contribution in [-0.2, 0) is 0 Å². The minimum atomic E-state index is -1.14. The van der Waals surface area contributed by atoms with E-state index in [-0.39, 0.29) is 22.3 Å². The molecule has 0 heterocycles. The predicted octanol–water partition coefficient (Wildman–Crippen LogP) is 4.76. The smallest absolute Gasteiger partial charge is 0.336 e. The second-order valence-electron chi connectivity index (χ2n) is 7.07. The van der Waals surface area contributed by atoms with Gasteiger partial charge in [-0.15, -0.1) is 0 Å². The molecule has 0 saturated carbocycles. The monoisotopic (exact) mass is 396 g/mol. The lowest BCUT2D eigenvalue weighted by Crippen LogP contribution is -2.03. The van der Waals surface area contributed by atoms with E-state index >= 15 is 0 Å². The molecule has 5 aromatic carbocycles. The Morgan fingerprint density at radius 3 is 1.17 bits per heavy atom. The molecule has 0 spiro atoms. The highest BCUT2D eigenvalue weighted by Crippen LogP contribution is 2.43. The first kappa shape index (κ1) is 17.8. The number of hydrogen-bond acceptors (Lipinski definition) is 4. The fourth-order valence-electron chi connectivity index (χ4n) is 4.49. The van der Waals surface area contributed by atoms with E-state index < -0.39 is 11.9 Å². The zero-order valence-corrected chi connectivity index (χ0v) is 15.3. The number of rotatable bonds is 4. The Morgan fingerprint density at radius 1 is 0.533 bits per heavy atom. The van der Waals surface area contributed by atoms with Gasteiger partial charge in [0, 0.05) is 21.9 Å². The molecule has 0 aromatic heterocycles. The van der Waals surface area contributed by atoms with Gasteiger partial charge in [0.05, 0.1) is 11.1 Å². The number of fused-ring (bicyclic) bond motifs is 2. The van der Waals surface area contributed by atoms with Crippen molar-refractivity contribution in [3.05, 3.63) is 70.8 Å². The number of benzene rings is 5. The van der Waals surface area contributed by atoms with Crippen LogP contribution in [0, 0.1) is 0 Å². The molecule has 0 aliphatic carbocycles. The van der Waals surface area contributed by atoms with Gasteiger partial charge < -0.3 is 10.2 Å². The maximum Gasteiger partial charge on any atom is 0.336 e. The third-order valence-electron chi connectivity index (χ3n) is 5.68. The molecule has 0 radical (unpaired) electrons. The van der Waals surface area contributed by atoms with Crippen molar-refractivity contribution in [3.8, 4) is 0 Å². The number of carboxylic acid groups (broad SMARTS) is 2. The van der Waals surface area contributed by atoms with Crippen LogP contribution in [0.2, 0.25) is 0 Å². The van der Waals surface area contributed by atoms with E-state index in [4.69, 9.17) is 0 Å². The quantitative estimate of drug-likeness (QED) is 0.258. The minimum Gasteiger partial charge on any atom is -0.478 e. The van der Waals surface area contributed by atoms with Crippen LogP contribution in [0.3, 0.4) is 0 Å². The third kappa shape index (κ3) is 2.13. The summed E-state index contributed by atoms with van der Waals surface area (Å²) in [6.07, 6.45) is 1.26. The molecule has 0 aliphatic rings. The van der Waals surface area contributed by atoms with Gasteiger partial charge in [0.2, 0.25) is 0 Å². The molecule has 5 rings (SSSR count). The molecule has 30 heavy (non-hydrogen) atoms. The Hall–Kier alpha value is -4.32. The van der Waals surface area contributed by atoms with Gasteiger partial charge in [0.1, 0.15) is 0 Å². The normalized spacial score (nSPS) is 11.5. The van der Waals surface area contributed by atoms with Crippen LogP contribution in [0.5, 0.6) is 0 Å². The molecular formula is C24H12O6. The molecule has 2 N–H and O–H groups in total. The topological polar surface area (TPSA) is 109 Å². The number of carboxylic acids is 2. The van der Waals surface area contributed by atoms with Crippen molar-refractivity contribution in [2.24, 2.45) is 0 Å². The van der Waals surface area contributed by atoms with E-state index in [1.54, 1.807) is 36.4 Å². The van der Waals surface area contributed by atoms with E-state index in [9.17, 15) is 29.4 Å². The molecule has 6 heteroatoms. The molecule has 0 fully saturated rings. The number of carbonyl (C=O) groups excluding carboxylic acids is 2. The van der Waals surface area contributed by atoms with Gasteiger partial charge in [-0.25, -0.2) is 9.59 Å². The lowest BCUT2D eigenvalue weighted by Gasteiger charge is -2.18. The molecule has 0 atom stereocenters. The number of carbonyl (C=O) groups is 4. The first-order valence-corrected chi connectivity index (χ1v) is 9.05. The molecular weight excluding hydrogens is 384 g/mol. The maximum absolute atomic E-state index is 11.8. The Bertz CT molecular complexity index is 1440. The predicted molar refractivity (Wildman–Crippen MR) is 112 cm³/mol. The van der Waals surface area contributed by atoms with Gasteiger partial charge in [-0.1, -0.05) is 36.4 Å². The summed E-state index contributed by atoms with van der Waals surface area (Å²) in [5.74, 6) is -2.29. The molecule has 6 nitrogen and oxygen atoms in total. The summed E-state index contributed by atoms with van der Waals surface area (Å²) in [7, 11) is 0. The standard InChI is InChI=1S/C24H12O6/c25-9-11-1-3-13-15-5-8-18(24(29)30)20-12(10-26)2-4-14(22(15)20)16-6-7-17(23(27)28)19(11)21(13)16/h1-10H,(H,27,28)(H,29,30). The largest absolute Gasteiger partial charge is 0.478 e. The zero-order chi connectivity index (χ0) is 21.2. The van der Waals surface area contributed by atoms with Crippen molar-refractivity contribution in [1.82, 2.24) is 0 Å². The van der Waals surface area contributed by atoms with Crippen LogP contribution in [0.25, 0.3) is 43.1 Å². The highest BCUT2D eigenvalue weighted by atomic mass is 16.4. The van der Waals surface area contributed by atoms with E-state index in [1.807, 2.05) is 0 Å². The number of aldehydes is 2. The number of hydrogen-bond donors (Lipinski definition) is 2. The van der Waals surface area contributed by atoms with Crippen LogP contribution in [0.4, 0.5) is 0 Å². The second kappa shape index (κ2) is 6.09. The summed E-state index contributed by atoms with van der Waals surface area (Å²) in [4.78, 5) is 47.0. The summed E-state index contributed by atoms with van der Waals surface area (Å²) in [6.45, 7) is 0. The van der Waals surface area contributed by atoms with Crippen molar-refractivity contribution in [2.75, 3.05) is 0 Å². The fourth-order valence-corrected chi connectivity index (χ4v) is 4.49. The summed E-state index contributed by atoms with van der Waals surface area (Å²) in [5, 5.41) is 24.0. The summed E-state index contributed by atoms with van der Waals surface area (Å²) in [6, 6.07) is 12.8. The highest BCUT2D eigenvalue weighted by Gasteiger charge is 2.22. The van der Waals surface area contributed by atoms with Crippen molar-refractivity contribution in [3.63, 3.8) is 0 Å². The van der Waals surface area contributed by atoms with Crippen LogP contribution < -0.4 is 0 Å². The number of aromatic carboxylic acids is 2. The molecule has 0 saturated heterocycles. The summed E-state index contributed by atoms with van der Waals surface area (Å²) >= 11 is 0. The van der Waals surface area contributed by atoms with Gasteiger partial charge >= 0.3 is 11.9 Å². The Balaban J connectivity index is 2.18. The second-order valence-corrected chi connectivity index (χ2v) is 7.07. The van der Waals surface area contributed by atoms with Crippen LogP contribution in [-0.4, -0.2) is 34.7 Å². The first-order chi connectivity index (χ1) is 14.5. The van der Waals surface area contributed by atoms with Crippen molar-refractivity contribution < 1.29 is 29.4 Å². The molecule has 0 bridgehead atoms. The SMILES string of the molecule is O=Cc1ccc2c3ccc(C(=O)O)c4c(C=O)ccc(c5ccc(C(=O)O)c1c25)c43. The maximum atomic E-state index is 11.8. The van der Waals surface area contributed by atoms with E-state index in [0.717, 1.165) is 0 Å². The van der Waals surface area contributed by atoms with Gasteiger partial charge in [-0.2, -0.15) is 0 Å². The van der Waals surface area contributed by atoms with Crippen LogP contribution in [0.15, 0.2) is 48.5 Å². The van der Waals surface area contributed by atoms with Crippen LogP contribution in [0.1, 0.15) is 41.4 Å². The van der Waals surface area contributed by atoms with E-state index in [1.165, 1.54) is 12.1 Å². The van der Waals surface area contributed by atoms with E-state index in [0.29, 0.717) is 55.7 Å². The average Bonchev–Trinajstić information content (AvgIpc) is 2.75. The van der Waals surface area contributed by atoms with E-state index in [2.05, 4.69) is 0 Å². The Morgan fingerprint density at radius 2 is 0.867 bits per heavy atom. The first-order valence-electron chi connectivity index (χ1n) is 9.05. The molecule has 0 amide bonds. The fraction of sp³-hybridized carbons (Fsp3) is 0. The summed E-state index contributed by atoms with van der Waals surface area (Å²) < 4.78 is 0. The molecule has 0 aliphatic heterocycles. The highest BCUT2D eigenvalue weighted by molar-refractivity contribution is 6.37. The van der Waals surface area contributed by atoms with Crippen molar-refractivity contribution >= 4 is 67.6 Å². The lowest BCUT2D eigenvalue weighted by atomic mass is 9.84. The Labute approximate surface area is 168 Å². The molecule has 144 valence electrons. The minimum absolute atomic E-state index is 0.0176. The lowest BCUT2D eigenvalue weighted by molar-refractivity contribution is 0.0688. The van der Waals surface area contributed by atoms with Crippen molar-refractivity contribution in [2.45, 2.75) is 0 Å². The third-order valence-corrected chi connectivity index (χ3v) is 5.68. The van der Waals surface area contributed by atoms with Gasteiger partial charge in [-0.3, -0.25) is 9.59 Å². The molecule has 5 aromatic rings. The van der Waals surface area contributed by atoms with Gasteiger partial charge in [-0.05, 0) is 44.5 Å². The van der Waals surface area contributed by atoms with Crippen LogP contribution >= 0.6 is 0 Å². The van der Waals surface area contributed by atoms with Gasteiger partial charge in [0.15, 0.2) is 12.6 Å². The summed E-state index contributed by atoms with van der Waals surface area (Å²) in [5.41, 5.74) is 0.562.